The number of urea groups is 1. The Morgan fingerprint density at radius 2 is 1.89 bits per heavy atom. The molecule has 0 spiro atoms. The summed E-state index contributed by atoms with van der Waals surface area (Å²) in [7, 11) is 6.12. The first-order valence-electron chi connectivity index (χ1n) is 11.6. The average molecular weight is 552 g/mol. The number of carbonyl (C=O) groups is 1. The minimum Gasteiger partial charge on any atom is -0.337 e. The summed E-state index contributed by atoms with van der Waals surface area (Å²) in [5.74, 6) is 1.96. The first-order chi connectivity index (χ1) is 17.2. The normalized spacial score (nSPS) is 17.8. The lowest BCUT2D eigenvalue weighted by molar-refractivity contribution is 0.138. The number of piperazine rings is 1. The molecular formula is C23H24BBrFN9O. The average Bonchev–Trinajstić information content (AvgIpc) is 3.47. The molecular weight excluding hydrogens is 528 g/mol. The van der Waals surface area contributed by atoms with Gasteiger partial charge in [-0.05, 0) is 43.9 Å². The van der Waals surface area contributed by atoms with Crippen LogP contribution in [0.1, 0.15) is 35.2 Å². The van der Waals surface area contributed by atoms with Crippen LogP contribution in [0.2, 0.25) is 0 Å². The Balaban J connectivity index is 1.29. The summed E-state index contributed by atoms with van der Waals surface area (Å²) in [6.45, 7) is 7.29. The van der Waals surface area contributed by atoms with Gasteiger partial charge in [0.1, 0.15) is 25.3 Å². The standard InChI is InChI=1S/C23H24BBrFN9O/c1-13-10-16(25)11-17(20(13)26)19-4-5-28-35(19)23(36)33-8-6-32(7-9-33)22-27-12-18(24)21(30-22)34-15(3)29-14(2)31-34/h5,10-12,19H,4,6-9H2,1-3H3. The summed E-state index contributed by atoms with van der Waals surface area (Å²) in [5.41, 5.74) is 1.37. The van der Waals surface area contributed by atoms with Gasteiger partial charge in [0.05, 0.1) is 6.04 Å². The van der Waals surface area contributed by atoms with Gasteiger partial charge in [-0.3, -0.25) is 0 Å². The fraction of sp³-hybridized carbons (Fsp3) is 0.391. The SMILES string of the molecule is [B]c1cnc(N2CCN(C(=O)N3N=CCC3c3cc(Br)cc(C)c3F)CC2)nc1-n1nc(C)nc1C. The fourth-order valence-corrected chi connectivity index (χ4v) is 5.10. The third-order valence-electron chi connectivity index (χ3n) is 6.32. The second kappa shape index (κ2) is 9.60. The van der Waals surface area contributed by atoms with Crippen molar-refractivity contribution in [2.75, 3.05) is 31.1 Å². The molecule has 13 heteroatoms. The Labute approximate surface area is 217 Å². The van der Waals surface area contributed by atoms with E-state index in [-0.39, 0.29) is 11.8 Å². The van der Waals surface area contributed by atoms with Gasteiger partial charge < -0.3 is 9.80 Å². The smallest absolute Gasteiger partial charge is 0.337 e. The molecule has 1 unspecified atom stereocenters. The van der Waals surface area contributed by atoms with Gasteiger partial charge >= 0.3 is 6.03 Å². The van der Waals surface area contributed by atoms with E-state index in [2.05, 4.69) is 41.1 Å². The predicted octanol–water partition coefficient (Wildman–Crippen LogP) is 2.35. The summed E-state index contributed by atoms with van der Waals surface area (Å²) < 4.78 is 17.3. The lowest BCUT2D eigenvalue weighted by Gasteiger charge is -2.37. The van der Waals surface area contributed by atoms with Crippen molar-refractivity contribution in [3.05, 3.63) is 51.4 Å². The third-order valence-corrected chi connectivity index (χ3v) is 6.78. The Hall–Kier alpha value is -3.35. The summed E-state index contributed by atoms with van der Waals surface area (Å²) >= 11 is 3.43. The van der Waals surface area contributed by atoms with Crippen LogP contribution in [0.25, 0.3) is 5.82 Å². The maximum atomic E-state index is 14.9. The van der Waals surface area contributed by atoms with Crippen molar-refractivity contribution in [3.8, 4) is 5.82 Å². The van der Waals surface area contributed by atoms with E-state index in [4.69, 9.17) is 7.85 Å². The van der Waals surface area contributed by atoms with Crippen LogP contribution >= 0.6 is 15.9 Å². The number of amides is 2. The molecule has 0 saturated carbocycles. The van der Waals surface area contributed by atoms with Gasteiger partial charge in [-0.15, -0.1) is 5.10 Å². The number of aryl methyl sites for hydroxylation is 3. The van der Waals surface area contributed by atoms with Crippen LogP contribution in [0.3, 0.4) is 0 Å². The maximum absolute atomic E-state index is 14.9. The quantitative estimate of drug-likeness (QED) is 0.464. The Morgan fingerprint density at radius 1 is 1.14 bits per heavy atom. The number of hydrogen-bond donors (Lipinski definition) is 0. The van der Waals surface area contributed by atoms with E-state index in [0.717, 1.165) is 4.47 Å². The van der Waals surface area contributed by atoms with Crippen LogP contribution in [-0.2, 0) is 0 Å². The molecule has 4 heterocycles. The number of rotatable bonds is 3. The number of nitrogens with zero attached hydrogens (tertiary/aromatic N) is 9. The van der Waals surface area contributed by atoms with Gasteiger partial charge in [0.15, 0.2) is 5.82 Å². The third kappa shape index (κ3) is 4.47. The van der Waals surface area contributed by atoms with Crippen LogP contribution in [0.5, 0.6) is 0 Å². The van der Waals surface area contributed by atoms with Gasteiger partial charge in [-0.2, -0.15) is 10.1 Å². The molecule has 2 aliphatic rings. The van der Waals surface area contributed by atoms with E-state index in [9.17, 15) is 9.18 Å². The second-order valence-corrected chi connectivity index (χ2v) is 9.76. The number of anilines is 1. The summed E-state index contributed by atoms with van der Waals surface area (Å²) in [5, 5.41) is 10.0. The van der Waals surface area contributed by atoms with Gasteiger partial charge in [0.2, 0.25) is 5.95 Å². The summed E-state index contributed by atoms with van der Waals surface area (Å²) in [4.78, 5) is 30.4. The summed E-state index contributed by atoms with van der Waals surface area (Å²) in [6.07, 6.45) is 3.68. The predicted molar refractivity (Wildman–Crippen MR) is 138 cm³/mol. The fourth-order valence-electron chi connectivity index (χ4n) is 4.51. The number of halogens is 2. The van der Waals surface area contributed by atoms with Gasteiger partial charge in [0, 0.05) is 55.0 Å². The van der Waals surface area contributed by atoms with E-state index in [0.29, 0.717) is 72.6 Å². The number of benzene rings is 1. The largest absolute Gasteiger partial charge is 0.341 e. The minimum atomic E-state index is -0.482. The van der Waals surface area contributed by atoms with Crippen molar-refractivity contribution in [3.63, 3.8) is 0 Å². The number of aromatic nitrogens is 5. The first-order valence-corrected chi connectivity index (χ1v) is 12.4. The maximum Gasteiger partial charge on any atom is 0.341 e. The highest BCUT2D eigenvalue weighted by atomic mass is 79.9. The van der Waals surface area contributed by atoms with Crippen LogP contribution < -0.4 is 10.4 Å². The van der Waals surface area contributed by atoms with Crippen molar-refractivity contribution in [1.82, 2.24) is 34.6 Å². The topological polar surface area (TPSA) is 95.6 Å². The zero-order valence-electron chi connectivity index (χ0n) is 20.2. The van der Waals surface area contributed by atoms with E-state index >= 15 is 0 Å². The molecule has 1 aromatic carbocycles. The van der Waals surface area contributed by atoms with Crippen LogP contribution in [-0.4, -0.2) is 80.9 Å². The monoisotopic (exact) mass is 551 g/mol. The van der Waals surface area contributed by atoms with Crippen molar-refractivity contribution in [2.24, 2.45) is 5.10 Å². The van der Waals surface area contributed by atoms with Crippen LogP contribution in [0.15, 0.2) is 27.9 Å². The molecule has 5 rings (SSSR count). The van der Waals surface area contributed by atoms with Crippen molar-refractivity contribution < 1.29 is 9.18 Å². The molecule has 3 aromatic rings. The van der Waals surface area contributed by atoms with Crippen molar-refractivity contribution >= 4 is 47.4 Å². The molecule has 0 N–H and O–H groups in total. The Bertz CT molecular complexity index is 1360. The van der Waals surface area contributed by atoms with Crippen molar-refractivity contribution in [2.45, 2.75) is 33.2 Å². The highest BCUT2D eigenvalue weighted by molar-refractivity contribution is 9.10. The number of hydrazone groups is 1. The molecule has 2 amide bonds. The highest BCUT2D eigenvalue weighted by Gasteiger charge is 2.35. The Morgan fingerprint density at radius 3 is 2.58 bits per heavy atom. The lowest BCUT2D eigenvalue weighted by atomic mass is 9.99. The Kier molecular flexibility index (Phi) is 6.50. The van der Waals surface area contributed by atoms with E-state index in [1.807, 2.05) is 11.8 Å². The number of hydrogen-bond acceptors (Lipinski definition) is 7. The molecule has 10 nitrogen and oxygen atoms in total. The molecule has 0 bridgehead atoms. The first kappa shape index (κ1) is 24.4. The molecule has 36 heavy (non-hydrogen) atoms. The second-order valence-electron chi connectivity index (χ2n) is 8.84. The van der Waals surface area contributed by atoms with Gasteiger partial charge in [0.25, 0.3) is 0 Å². The van der Waals surface area contributed by atoms with E-state index < -0.39 is 6.04 Å². The zero-order chi connectivity index (χ0) is 25.6. The summed E-state index contributed by atoms with van der Waals surface area (Å²) in [6, 6.07) is 2.70. The molecule has 184 valence electrons. The molecule has 2 radical (unpaired) electrons. The molecule has 0 aliphatic carbocycles. The molecule has 2 aliphatic heterocycles. The highest BCUT2D eigenvalue weighted by Crippen LogP contribution is 2.34. The van der Waals surface area contributed by atoms with Gasteiger partial charge in [-0.25, -0.2) is 28.8 Å². The van der Waals surface area contributed by atoms with Crippen molar-refractivity contribution in [1.29, 1.82) is 0 Å². The minimum absolute atomic E-state index is 0.252. The van der Waals surface area contributed by atoms with Crippen LogP contribution in [0.4, 0.5) is 15.1 Å². The van der Waals surface area contributed by atoms with Gasteiger partial charge in [-0.1, -0.05) is 15.9 Å². The molecule has 1 fully saturated rings. The molecule has 2 aromatic heterocycles. The number of carbonyl (C=O) groups excluding carboxylic acids is 1. The molecule has 1 saturated heterocycles. The van der Waals surface area contributed by atoms with E-state index in [1.165, 1.54) is 5.01 Å². The zero-order valence-corrected chi connectivity index (χ0v) is 21.8. The lowest BCUT2D eigenvalue weighted by Crippen LogP contribution is -2.52. The molecule has 1 atom stereocenters. The van der Waals surface area contributed by atoms with Crippen LogP contribution in [0, 0.1) is 26.6 Å². The van der Waals surface area contributed by atoms with E-state index in [1.54, 1.807) is 48.0 Å².